The SMILES string of the molecule is CCOc1ccccc1N1C[C@@H](C(=O)NCC(N)=O)CC1=O. The van der Waals surface area contributed by atoms with Crippen LogP contribution in [-0.4, -0.2) is 37.4 Å². The Kier molecular flexibility index (Phi) is 4.98. The second kappa shape index (κ2) is 6.93. The molecule has 1 saturated heterocycles. The molecule has 22 heavy (non-hydrogen) atoms. The highest BCUT2D eigenvalue weighted by Gasteiger charge is 2.36. The summed E-state index contributed by atoms with van der Waals surface area (Å²) in [5.41, 5.74) is 5.64. The molecule has 3 N–H and O–H groups in total. The van der Waals surface area contributed by atoms with Crippen molar-refractivity contribution in [3.63, 3.8) is 0 Å². The summed E-state index contributed by atoms with van der Waals surface area (Å²) in [6.07, 6.45) is 0.102. The van der Waals surface area contributed by atoms with E-state index >= 15 is 0 Å². The highest BCUT2D eigenvalue weighted by atomic mass is 16.5. The molecule has 118 valence electrons. The Morgan fingerprint density at radius 3 is 2.82 bits per heavy atom. The van der Waals surface area contributed by atoms with Crippen LogP contribution in [0.2, 0.25) is 0 Å². The van der Waals surface area contributed by atoms with Gasteiger partial charge < -0.3 is 20.7 Å². The third-order valence-electron chi connectivity index (χ3n) is 3.39. The number of nitrogens with zero attached hydrogens (tertiary/aromatic N) is 1. The zero-order chi connectivity index (χ0) is 16.1. The van der Waals surface area contributed by atoms with E-state index in [0.29, 0.717) is 18.0 Å². The number of nitrogens with one attached hydrogen (secondary N) is 1. The number of hydrogen-bond acceptors (Lipinski definition) is 4. The van der Waals surface area contributed by atoms with E-state index in [0.717, 1.165) is 0 Å². The summed E-state index contributed by atoms with van der Waals surface area (Å²) in [6.45, 7) is 2.39. The van der Waals surface area contributed by atoms with E-state index in [2.05, 4.69) is 5.32 Å². The molecule has 1 heterocycles. The van der Waals surface area contributed by atoms with Crippen LogP contribution < -0.4 is 20.7 Å². The Hall–Kier alpha value is -2.57. The van der Waals surface area contributed by atoms with E-state index in [9.17, 15) is 14.4 Å². The molecule has 0 aromatic heterocycles. The molecule has 1 aliphatic rings. The Labute approximate surface area is 128 Å². The van der Waals surface area contributed by atoms with Gasteiger partial charge in [-0.15, -0.1) is 0 Å². The first-order valence-corrected chi connectivity index (χ1v) is 7.11. The van der Waals surface area contributed by atoms with E-state index in [1.807, 2.05) is 19.1 Å². The minimum absolute atomic E-state index is 0.102. The van der Waals surface area contributed by atoms with Gasteiger partial charge in [-0.2, -0.15) is 0 Å². The van der Waals surface area contributed by atoms with Crippen LogP contribution in [0, 0.1) is 5.92 Å². The van der Waals surface area contributed by atoms with Crippen molar-refractivity contribution in [3.05, 3.63) is 24.3 Å². The monoisotopic (exact) mass is 305 g/mol. The van der Waals surface area contributed by atoms with Crippen LogP contribution in [0.5, 0.6) is 5.75 Å². The molecule has 1 aromatic carbocycles. The van der Waals surface area contributed by atoms with Crippen molar-refractivity contribution < 1.29 is 19.1 Å². The van der Waals surface area contributed by atoms with Gasteiger partial charge in [-0.25, -0.2) is 0 Å². The molecular formula is C15H19N3O4. The molecule has 7 nitrogen and oxygen atoms in total. The number of para-hydroxylation sites is 2. The van der Waals surface area contributed by atoms with Gasteiger partial charge in [0, 0.05) is 13.0 Å². The van der Waals surface area contributed by atoms with Crippen molar-refractivity contribution in [1.29, 1.82) is 0 Å². The molecule has 0 spiro atoms. The van der Waals surface area contributed by atoms with E-state index < -0.39 is 11.8 Å². The number of nitrogens with two attached hydrogens (primary N) is 1. The maximum atomic E-state index is 12.2. The van der Waals surface area contributed by atoms with Gasteiger partial charge in [0.15, 0.2) is 0 Å². The molecule has 1 aromatic rings. The fraction of sp³-hybridized carbons (Fsp3) is 0.400. The average molecular weight is 305 g/mol. The summed E-state index contributed by atoms with van der Waals surface area (Å²) in [4.78, 5) is 36.4. The molecule has 0 bridgehead atoms. The quantitative estimate of drug-likeness (QED) is 0.774. The topological polar surface area (TPSA) is 102 Å². The van der Waals surface area contributed by atoms with Crippen LogP contribution in [0.25, 0.3) is 0 Å². The highest BCUT2D eigenvalue weighted by Crippen LogP contribution is 2.33. The van der Waals surface area contributed by atoms with Crippen molar-refractivity contribution in [2.45, 2.75) is 13.3 Å². The first-order chi connectivity index (χ1) is 10.5. The van der Waals surface area contributed by atoms with Gasteiger partial charge in [0.05, 0.1) is 24.8 Å². The molecule has 0 radical (unpaired) electrons. The molecule has 0 aliphatic carbocycles. The highest BCUT2D eigenvalue weighted by molar-refractivity contribution is 6.01. The Morgan fingerprint density at radius 1 is 1.41 bits per heavy atom. The van der Waals surface area contributed by atoms with Crippen molar-refractivity contribution in [1.82, 2.24) is 5.32 Å². The second-order valence-electron chi connectivity index (χ2n) is 4.99. The number of ether oxygens (including phenoxy) is 1. The van der Waals surface area contributed by atoms with Crippen LogP contribution in [0.15, 0.2) is 24.3 Å². The largest absolute Gasteiger partial charge is 0.492 e. The zero-order valence-electron chi connectivity index (χ0n) is 12.4. The number of carbonyl (C=O) groups is 3. The lowest BCUT2D eigenvalue weighted by atomic mass is 10.1. The third-order valence-corrected chi connectivity index (χ3v) is 3.39. The average Bonchev–Trinajstić information content (AvgIpc) is 2.87. The molecule has 0 saturated carbocycles. The second-order valence-corrected chi connectivity index (χ2v) is 4.99. The smallest absolute Gasteiger partial charge is 0.236 e. The lowest BCUT2D eigenvalue weighted by Gasteiger charge is -2.20. The summed E-state index contributed by atoms with van der Waals surface area (Å²) in [6, 6.07) is 7.21. The molecule has 1 atom stereocenters. The first kappa shape index (κ1) is 15.8. The third kappa shape index (κ3) is 3.55. The minimum Gasteiger partial charge on any atom is -0.492 e. The van der Waals surface area contributed by atoms with Crippen molar-refractivity contribution in [3.8, 4) is 5.75 Å². The van der Waals surface area contributed by atoms with Crippen molar-refractivity contribution in [2.75, 3.05) is 24.6 Å². The molecule has 1 aliphatic heterocycles. The van der Waals surface area contributed by atoms with Crippen molar-refractivity contribution >= 4 is 23.4 Å². The molecule has 1 fully saturated rings. The van der Waals surface area contributed by atoms with Gasteiger partial charge in [0.25, 0.3) is 0 Å². The van der Waals surface area contributed by atoms with Crippen LogP contribution in [0.4, 0.5) is 5.69 Å². The number of benzene rings is 1. The molecular weight excluding hydrogens is 286 g/mol. The Bertz CT molecular complexity index is 588. The number of amides is 3. The van der Waals surface area contributed by atoms with E-state index in [1.54, 1.807) is 17.0 Å². The number of primary amides is 1. The lowest BCUT2D eigenvalue weighted by Crippen LogP contribution is -2.38. The summed E-state index contributed by atoms with van der Waals surface area (Å²) >= 11 is 0. The van der Waals surface area contributed by atoms with E-state index in [4.69, 9.17) is 10.5 Å². The maximum Gasteiger partial charge on any atom is 0.236 e. The number of hydrogen-bond donors (Lipinski definition) is 2. The minimum atomic E-state index is -0.615. The summed E-state index contributed by atoms with van der Waals surface area (Å²) in [5, 5.41) is 2.43. The molecule has 7 heteroatoms. The lowest BCUT2D eigenvalue weighted by molar-refractivity contribution is -0.128. The fourth-order valence-electron chi connectivity index (χ4n) is 2.39. The Morgan fingerprint density at radius 2 is 2.14 bits per heavy atom. The molecule has 3 amide bonds. The fourth-order valence-corrected chi connectivity index (χ4v) is 2.39. The summed E-state index contributed by atoms with van der Waals surface area (Å²) in [5.74, 6) is -0.996. The summed E-state index contributed by atoms with van der Waals surface area (Å²) < 4.78 is 5.52. The van der Waals surface area contributed by atoms with E-state index in [-0.39, 0.29) is 31.3 Å². The zero-order valence-corrected chi connectivity index (χ0v) is 12.4. The van der Waals surface area contributed by atoms with E-state index in [1.165, 1.54) is 0 Å². The van der Waals surface area contributed by atoms with Gasteiger partial charge >= 0.3 is 0 Å². The molecule has 2 rings (SSSR count). The summed E-state index contributed by atoms with van der Waals surface area (Å²) in [7, 11) is 0. The predicted octanol–water partition coefficient (Wildman–Crippen LogP) is 0.0397. The predicted molar refractivity (Wildman–Crippen MR) is 80.3 cm³/mol. The van der Waals surface area contributed by atoms with Gasteiger partial charge in [0.1, 0.15) is 5.75 Å². The van der Waals surface area contributed by atoms with Gasteiger partial charge in [-0.1, -0.05) is 12.1 Å². The standard InChI is InChI=1S/C15H19N3O4/c1-2-22-12-6-4-3-5-11(12)18-9-10(7-14(18)20)15(21)17-8-13(16)19/h3-6,10H,2,7-9H2,1H3,(H2,16,19)(H,17,21)/t10-/m0/s1. The van der Waals surface area contributed by atoms with Crippen LogP contribution in [0.3, 0.4) is 0 Å². The number of anilines is 1. The Balaban J connectivity index is 2.10. The van der Waals surface area contributed by atoms with Crippen molar-refractivity contribution in [2.24, 2.45) is 11.7 Å². The van der Waals surface area contributed by atoms with Crippen LogP contribution in [0.1, 0.15) is 13.3 Å². The first-order valence-electron chi connectivity index (χ1n) is 7.11. The van der Waals surface area contributed by atoms with Crippen LogP contribution >= 0.6 is 0 Å². The maximum absolute atomic E-state index is 12.2. The van der Waals surface area contributed by atoms with Gasteiger partial charge in [-0.3, -0.25) is 14.4 Å². The number of rotatable bonds is 6. The van der Waals surface area contributed by atoms with Crippen LogP contribution in [-0.2, 0) is 14.4 Å². The normalized spacial score (nSPS) is 17.4. The van der Waals surface area contributed by atoms with Gasteiger partial charge in [0.2, 0.25) is 17.7 Å². The number of carbonyl (C=O) groups excluding carboxylic acids is 3. The molecule has 0 unspecified atom stereocenters. The van der Waals surface area contributed by atoms with Gasteiger partial charge in [-0.05, 0) is 19.1 Å².